The number of nitrogen functional groups attached to an aromatic ring is 1. The Labute approximate surface area is 98.6 Å². The minimum Gasteiger partial charge on any atom is -0.396 e. The Kier molecular flexibility index (Phi) is 3.28. The summed E-state index contributed by atoms with van der Waals surface area (Å²) in [6.45, 7) is 0.204. The molecule has 1 amide bonds. The van der Waals surface area contributed by atoms with Crippen LogP contribution in [0.25, 0.3) is 0 Å². The second-order valence-electron chi connectivity index (χ2n) is 4.35. The maximum absolute atomic E-state index is 13.1. The normalized spacial score (nSPS) is 16.6. The van der Waals surface area contributed by atoms with Gasteiger partial charge in [-0.15, -0.1) is 0 Å². The molecule has 0 radical (unpaired) electrons. The molecule has 4 N–H and O–H groups in total. The van der Waals surface area contributed by atoms with Crippen LogP contribution in [0.2, 0.25) is 0 Å². The maximum atomic E-state index is 13.1. The van der Waals surface area contributed by atoms with Gasteiger partial charge in [0.05, 0.1) is 11.8 Å². The lowest BCUT2D eigenvalue weighted by atomic mass is 10.1. The fraction of sp³-hybridized carbons (Fsp3) is 0.417. The molecule has 0 heterocycles. The second kappa shape index (κ2) is 4.71. The molecule has 1 aromatic rings. The summed E-state index contributed by atoms with van der Waals surface area (Å²) in [5.41, 5.74) is 5.53. The molecule has 5 heteroatoms. The van der Waals surface area contributed by atoms with Gasteiger partial charge in [-0.3, -0.25) is 4.79 Å². The van der Waals surface area contributed by atoms with Crippen molar-refractivity contribution in [3.63, 3.8) is 0 Å². The van der Waals surface area contributed by atoms with Gasteiger partial charge in [-0.1, -0.05) is 0 Å². The highest BCUT2D eigenvalue weighted by Crippen LogP contribution is 2.32. The van der Waals surface area contributed by atoms with Crippen molar-refractivity contribution in [2.75, 3.05) is 12.3 Å². The predicted octanol–water partition coefficient (Wildman–Crippen LogP) is 0.909. The van der Waals surface area contributed by atoms with Gasteiger partial charge >= 0.3 is 0 Å². The SMILES string of the molecule is Nc1ccc(C(=O)NCC(O)C2CC2)cc1F. The minimum absolute atomic E-state index is 0.0135. The second-order valence-corrected chi connectivity index (χ2v) is 4.35. The first-order valence-corrected chi connectivity index (χ1v) is 5.59. The Balaban J connectivity index is 1.92. The van der Waals surface area contributed by atoms with Crippen LogP contribution in [-0.4, -0.2) is 23.7 Å². The number of hydrogen-bond acceptors (Lipinski definition) is 3. The van der Waals surface area contributed by atoms with E-state index in [-0.39, 0.29) is 17.8 Å². The largest absolute Gasteiger partial charge is 0.396 e. The Morgan fingerprint density at radius 1 is 1.59 bits per heavy atom. The van der Waals surface area contributed by atoms with Crippen LogP contribution < -0.4 is 11.1 Å². The minimum atomic E-state index is -0.611. The van der Waals surface area contributed by atoms with E-state index in [1.807, 2.05) is 0 Å². The van der Waals surface area contributed by atoms with Crippen LogP contribution in [0.5, 0.6) is 0 Å². The Morgan fingerprint density at radius 2 is 2.29 bits per heavy atom. The molecule has 0 bridgehead atoms. The van der Waals surface area contributed by atoms with E-state index in [1.54, 1.807) is 0 Å². The molecule has 1 fully saturated rings. The third-order valence-electron chi connectivity index (χ3n) is 2.90. The first-order chi connectivity index (χ1) is 8.08. The highest BCUT2D eigenvalue weighted by atomic mass is 19.1. The molecule has 0 aromatic heterocycles. The average molecular weight is 238 g/mol. The molecule has 4 nitrogen and oxygen atoms in total. The van der Waals surface area contributed by atoms with Crippen LogP contribution in [0.4, 0.5) is 10.1 Å². The molecular formula is C12H15FN2O2. The van der Waals surface area contributed by atoms with E-state index < -0.39 is 17.8 Å². The molecule has 1 saturated carbocycles. The van der Waals surface area contributed by atoms with Crippen molar-refractivity contribution in [1.82, 2.24) is 5.32 Å². The number of amides is 1. The number of rotatable bonds is 4. The van der Waals surface area contributed by atoms with E-state index in [2.05, 4.69) is 5.32 Å². The molecule has 1 atom stereocenters. The van der Waals surface area contributed by atoms with Gasteiger partial charge in [-0.2, -0.15) is 0 Å². The van der Waals surface area contributed by atoms with Gasteiger partial charge in [-0.05, 0) is 37.0 Å². The van der Waals surface area contributed by atoms with Crippen LogP contribution in [0, 0.1) is 11.7 Å². The first kappa shape index (κ1) is 11.9. The number of carbonyl (C=O) groups is 1. The zero-order chi connectivity index (χ0) is 12.4. The van der Waals surface area contributed by atoms with Gasteiger partial charge in [0, 0.05) is 12.1 Å². The Hall–Kier alpha value is -1.62. The topological polar surface area (TPSA) is 75.4 Å². The van der Waals surface area contributed by atoms with Gasteiger partial charge in [0.25, 0.3) is 5.91 Å². The molecule has 2 rings (SSSR count). The summed E-state index contributed by atoms with van der Waals surface area (Å²) in [7, 11) is 0. The van der Waals surface area contributed by atoms with Gasteiger partial charge < -0.3 is 16.2 Å². The summed E-state index contributed by atoms with van der Waals surface area (Å²) in [6, 6.07) is 3.90. The van der Waals surface area contributed by atoms with Crippen LogP contribution >= 0.6 is 0 Å². The Morgan fingerprint density at radius 3 is 2.88 bits per heavy atom. The van der Waals surface area contributed by atoms with Gasteiger partial charge in [0.2, 0.25) is 0 Å². The number of anilines is 1. The third-order valence-corrected chi connectivity index (χ3v) is 2.90. The van der Waals surface area contributed by atoms with Crippen LogP contribution in [0.3, 0.4) is 0 Å². The standard InChI is InChI=1S/C12H15FN2O2/c13-9-5-8(3-4-10(9)14)12(17)15-6-11(16)7-1-2-7/h3-5,7,11,16H,1-2,6,14H2,(H,15,17). The highest BCUT2D eigenvalue weighted by molar-refractivity contribution is 5.94. The summed E-state index contributed by atoms with van der Waals surface area (Å²) < 4.78 is 13.1. The summed E-state index contributed by atoms with van der Waals surface area (Å²) >= 11 is 0. The lowest BCUT2D eigenvalue weighted by Crippen LogP contribution is -2.33. The molecule has 92 valence electrons. The third kappa shape index (κ3) is 2.94. The van der Waals surface area contributed by atoms with Crippen molar-refractivity contribution in [3.8, 4) is 0 Å². The molecule has 1 aromatic carbocycles. The fourth-order valence-electron chi connectivity index (χ4n) is 1.62. The molecular weight excluding hydrogens is 223 g/mol. The number of nitrogens with two attached hydrogens (primary N) is 1. The first-order valence-electron chi connectivity index (χ1n) is 5.59. The number of nitrogens with one attached hydrogen (secondary N) is 1. The fourth-order valence-corrected chi connectivity index (χ4v) is 1.62. The molecule has 0 aliphatic heterocycles. The van der Waals surface area contributed by atoms with E-state index in [9.17, 15) is 14.3 Å². The summed E-state index contributed by atoms with van der Waals surface area (Å²) in [4.78, 5) is 11.6. The molecule has 0 saturated heterocycles. The van der Waals surface area contributed by atoms with E-state index in [0.717, 1.165) is 18.9 Å². The molecule has 0 spiro atoms. The number of benzene rings is 1. The number of aliphatic hydroxyl groups is 1. The van der Waals surface area contributed by atoms with Gasteiger partial charge in [0.1, 0.15) is 5.82 Å². The zero-order valence-corrected chi connectivity index (χ0v) is 9.32. The van der Waals surface area contributed by atoms with E-state index >= 15 is 0 Å². The van der Waals surface area contributed by atoms with E-state index in [0.29, 0.717) is 5.92 Å². The van der Waals surface area contributed by atoms with Crippen molar-refractivity contribution < 1.29 is 14.3 Å². The summed E-state index contributed by atoms with van der Waals surface area (Å²) in [5.74, 6) is -0.706. The molecule has 1 unspecified atom stereocenters. The van der Waals surface area contributed by atoms with Gasteiger partial charge in [0.15, 0.2) is 0 Å². The van der Waals surface area contributed by atoms with Crippen LogP contribution in [0.1, 0.15) is 23.2 Å². The lowest BCUT2D eigenvalue weighted by Gasteiger charge is -2.10. The Bertz CT molecular complexity index is 433. The quantitative estimate of drug-likeness (QED) is 0.682. The van der Waals surface area contributed by atoms with Gasteiger partial charge in [-0.25, -0.2) is 4.39 Å². The van der Waals surface area contributed by atoms with E-state index in [4.69, 9.17) is 5.73 Å². The average Bonchev–Trinajstić information content (AvgIpc) is 3.13. The number of carbonyl (C=O) groups excluding carboxylic acids is 1. The van der Waals surface area contributed by atoms with Crippen LogP contribution in [-0.2, 0) is 0 Å². The highest BCUT2D eigenvalue weighted by Gasteiger charge is 2.29. The summed E-state index contributed by atoms with van der Waals surface area (Å²) in [5, 5.41) is 12.1. The van der Waals surface area contributed by atoms with Crippen molar-refractivity contribution in [2.24, 2.45) is 5.92 Å². The number of hydrogen-bond donors (Lipinski definition) is 3. The number of aliphatic hydroxyl groups excluding tert-OH is 1. The smallest absolute Gasteiger partial charge is 0.251 e. The monoisotopic (exact) mass is 238 g/mol. The van der Waals surface area contributed by atoms with Crippen molar-refractivity contribution in [3.05, 3.63) is 29.6 Å². The number of halogens is 1. The molecule has 1 aliphatic rings. The summed E-state index contributed by atoms with van der Waals surface area (Å²) in [6.07, 6.45) is 1.51. The molecule has 1 aliphatic carbocycles. The lowest BCUT2D eigenvalue weighted by molar-refractivity contribution is 0.0901. The van der Waals surface area contributed by atoms with Crippen LogP contribution in [0.15, 0.2) is 18.2 Å². The zero-order valence-electron chi connectivity index (χ0n) is 9.32. The van der Waals surface area contributed by atoms with Crippen molar-refractivity contribution in [2.45, 2.75) is 18.9 Å². The molecule has 17 heavy (non-hydrogen) atoms. The van der Waals surface area contributed by atoms with E-state index in [1.165, 1.54) is 12.1 Å². The maximum Gasteiger partial charge on any atom is 0.251 e. The predicted molar refractivity (Wildman–Crippen MR) is 61.9 cm³/mol. The van der Waals surface area contributed by atoms with Crippen molar-refractivity contribution >= 4 is 11.6 Å². The van der Waals surface area contributed by atoms with Crippen molar-refractivity contribution in [1.29, 1.82) is 0 Å².